The number of nitrogens with zero attached hydrogens (tertiary/aromatic N) is 2. The largest absolute Gasteiger partial charge is 0.493 e. The molecule has 3 aromatic rings. The van der Waals surface area contributed by atoms with E-state index in [0.717, 1.165) is 5.56 Å². The molecule has 38 heavy (non-hydrogen) atoms. The summed E-state index contributed by atoms with van der Waals surface area (Å²) in [5.74, 6) is 1.10. The number of nitrogens with one attached hydrogen (secondary N) is 1. The SMILES string of the molecule is COc1ccccc1Oc1c(NS(=O)(=O)c2ccc(C(C)(C)C)cc2)nc(C)nc1OCCOC(C)(C)C. The van der Waals surface area contributed by atoms with Crippen molar-refractivity contribution in [2.75, 3.05) is 25.0 Å². The first-order valence-electron chi connectivity index (χ1n) is 12.3. The van der Waals surface area contributed by atoms with E-state index in [2.05, 4.69) is 35.5 Å². The van der Waals surface area contributed by atoms with Gasteiger partial charge in [0.05, 0.1) is 24.2 Å². The van der Waals surface area contributed by atoms with Crippen molar-refractivity contribution in [2.45, 2.75) is 64.4 Å². The quantitative estimate of drug-likeness (QED) is 0.316. The molecule has 9 nitrogen and oxygen atoms in total. The van der Waals surface area contributed by atoms with Gasteiger partial charge in [0.15, 0.2) is 17.3 Å². The second kappa shape index (κ2) is 11.6. The minimum atomic E-state index is -4.02. The Kier molecular flexibility index (Phi) is 8.89. The Bertz CT molecular complexity index is 1340. The lowest BCUT2D eigenvalue weighted by Gasteiger charge is -2.21. The number of aromatic nitrogens is 2. The molecule has 0 fully saturated rings. The molecule has 1 N–H and O–H groups in total. The molecule has 0 unspecified atom stereocenters. The molecular formula is C28H37N3O6S. The third kappa shape index (κ3) is 7.82. The Morgan fingerprint density at radius 3 is 2.08 bits per heavy atom. The molecule has 1 heterocycles. The number of anilines is 1. The van der Waals surface area contributed by atoms with E-state index in [1.54, 1.807) is 55.5 Å². The molecule has 0 spiro atoms. The maximum Gasteiger partial charge on any atom is 0.263 e. The standard InChI is InChI=1S/C28H37N3O6S/c1-19-29-25(31-38(32,33)21-15-13-20(14-16-21)27(2,3)4)24(37-23-12-10-9-11-22(23)34-8)26(30-19)35-17-18-36-28(5,6)7/h9-16H,17-18H2,1-8H3,(H,29,30,31). The number of aryl methyl sites for hydroxylation is 1. The van der Waals surface area contributed by atoms with E-state index in [4.69, 9.17) is 18.9 Å². The lowest BCUT2D eigenvalue weighted by Crippen LogP contribution is -2.23. The van der Waals surface area contributed by atoms with Crippen LogP contribution in [0.1, 0.15) is 52.9 Å². The number of methoxy groups -OCH3 is 1. The highest BCUT2D eigenvalue weighted by Gasteiger charge is 2.25. The highest BCUT2D eigenvalue weighted by Crippen LogP contribution is 2.40. The molecule has 0 radical (unpaired) electrons. The van der Waals surface area contributed by atoms with E-state index in [1.807, 2.05) is 20.8 Å². The van der Waals surface area contributed by atoms with Gasteiger partial charge in [0, 0.05) is 0 Å². The van der Waals surface area contributed by atoms with Gasteiger partial charge >= 0.3 is 0 Å². The van der Waals surface area contributed by atoms with Crippen LogP contribution in [0.5, 0.6) is 23.1 Å². The summed E-state index contributed by atoms with van der Waals surface area (Å²) in [7, 11) is -2.50. The zero-order valence-electron chi connectivity index (χ0n) is 23.3. The molecule has 0 aliphatic heterocycles. The average Bonchev–Trinajstić information content (AvgIpc) is 2.82. The molecule has 0 aliphatic rings. The molecule has 3 rings (SSSR count). The maximum absolute atomic E-state index is 13.4. The van der Waals surface area contributed by atoms with Crippen molar-refractivity contribution in [2.24, 2.45) is 0 Å². The van der Waals surface area contributed by atoms with Crippen molar-refractivity contribution in [1.29, 1.82) is 0 Å². The summed E-state index contributed by atoms with van der Waals surface area (Å²) >= 11 is 0. The fourth-order valence-corrected chi connectivity index (χ4v) is 4.42. The van der Waals surface area contributed by atoms with Gasteiger partial charge in [-0.15, -0.1) is 0 Å². The average molecular weight is 544 g/mol. The molecule has 1 aromatic heterocycles. The van der Waals surface area contributed by atoms with Gasteiger partial charge in [-0.1, -0.05) is 45.0 Å². The summed E-state index contributed by atoms with van der Waals surface area (Å²) in [6.45, 7) is 14.1. The minimum Gasteiger partial charge on any atom is -0.493 e. The number of sulfonamides is 1. The van der Waals surface area contributed by atoms with E-state index < -0.39 is 10.0 Å². The lowest BCUT2D eigenvalue weighted by molar-refractivity contribution is -0.0170. The fourth-order valence-electron chi connectivity index (χ4n) is 3.42. The minimum absolute atomic E-state index is 0.00532. The van der Waals surface area contributed by atoms with Gasteiger partial charge in [-0.3, -0.25) is 4.72 Å². The van der Waals surface area contributed by atoms with E-state index in [-0.39, 0.29) is 40.0 Å². The molecule has 0 bridgehead atoms. The molecule has 0 aliphatic carbocycles. The van der Waals surface area contributed by atoms with Gasteiger partial charge in [0.1, 0.15) is 12.4 Å². The van der Waals surface area contributed by atoms with Crippen molar-refractivity contribution in [1.82, 2.24) is 9.97 Å². The molecular weight excluding hydrogens is 506 g/mol. The van der Waals surface area contributed by atoms with E-state index >= 15 is 0 Å². The van der Waals surface area contributed by atoms with Crippen molar-refractivity contribution in [3.63, 3.8) is 0 Å². The smallest absolute Gasteiger partial charge is 0.263 e. The van der Waals surface area contributed by atoms with E-state index in [9.17, 15) is 8.42 Å². The van der Waals surface area contributed by atoms with Crippen molar-refractivity contribution in [3.8, 4) is 23.1 Å². The molecule has 2 aromatic carbocycles. The van der Waals surface area contributed by atoms with E-state index in [1.165, 1.54) is 7.11 Å². The van der Waals surface area contributed by atoms with E-state index in [0.29, 0.717) is 23.9 Å². The van der Waals surface area contributed by atoms with Crippen molar-refractivity contribution in [3.05, 3.63) is 59.9 Å². The van der Waals surface area contributed by atoms with Crippen LogP contribution in [-0.2, 0) is 20.2 Å². The molecule has 0 saturated carbocycles. The summed E-state index contributed by atoms with van der Waals surface area (Å²) in [4.78, 5) is 8.80. The second-order valence-electron chi connectivity index (χ2n) is 10.7. The summed E-state index contributed by atoms with van der Waals surface area (Å²) < 4.78 is 52.5. The normalized spacial score (nSPS) is 12.2. The number of rotatable bonds is 10. The predicted molar refractivity (Wildman–Crippen MR) is 147 cm³/mol. The first-order chi connectivity index (χ1) is 17.7. The number of hydrogen-bond acceptors (Lipinski definition) is 8. The van der Waals surface area contributed by atoms with Crippen LogP contribution in [0.4, 0.5) is 5.82 Å². The number of ether oxygens (including phenoxy) is 4. The van der Waals surface area contributed by atoms with Gasteiger partial charge in [0.25, 0.3) is 15.9 Å². The topological polar surface area (TPSA) is 109 Å². The summed E-state index contributed by atoms with van der Waals surface area (Å²) in [5.41, 5.74) is 0.561. The van der Waals surface area contributed by atoms with Gasteiger partial charge in [-0.25, -0.2) is 13.4 Å². The zero-order valence-corrected chi connectivity index (χ0v) is 24.1. The summed E-state index contributed by atoms with van der Waals surface area (Å²) in [6.07, 6.45) is 0. The Morgan fingerprint density at radius 1 is 0.868 bits per heavy atom. The van der Waals surface area contributed by atoms with Crippen LogP contribution in [0.3, 0.4) is 0 Å². The lowest BCUT2D eigenvalue weighted by atomic mass is 9.87. The van der Waals surface area contributed by atoms with Crippen LogP contribution in [0, 0.1) is 6.92 Å². The van der Waals surface area contributed by atoms with Crippen molar-refractivity contribution >= 4 is 15.8 Å². The highest BCUT2D eigenvalue weighted by atomic mass is 32.2. The van der Waals surface area contributed by atoms with Gasteiger partial charge in [-0.05, 0) is 62.9 Å². The van der Waals surface area contributed by atoms with Crippen LogP contribution in [0.2, 0.25) is 0 Å². The molecule has 0 amide bonds. The molecule has 0 atom stereocenters. The Hall–Kier alpha value is -3.37. The molecule has 10 heteroatoms. The zero-order chi connectivity index (χ0) is 28.1. The van der Waals surface area contributed by atoms with Crippen LogP contribution in [0.25, 0.3) is 0 Å². The fraction of sp³-hybridized carbons (Fsp3) is 0.429. The van der Waals surface area contributed by atoms with Crippen LogP contribution in [0.15, 0.2) is 53.4 Å². The van der Waals surface area contributed by atoms with Gasteiger partial charge in [-0.2, -0.15) is 4.98 Å². The Morgan fingerprint density at radius 2 is 1.50 bits per heavy atom. The number of benzene rings is 2. The number of para-hydroxylation sites is 2. The third-order valence-electron chi connectivity index (χ3n) is 5.35. The predicted octanol–water partition coefficient (Wildman–Crippen LogP) is 5.88. The van der Waals surface area contributed by atoms with Gasteiger partial charge in [0.2, 0.25) is 5.75 Å². The maximum atomic E-state index is 13.4. The summed E-state index contributed by atoms with van der Waals surface area (Å²) in [6, 6.07) is 13.7. The Balaban J connectivity index is 2.00. The Labute approximate surface area is 225 Å². The number of hydrogen-bond donors (Lipinski definition) is 1. The first kappa shape index (κ1) is 29.2. The van der Waals surface area contributed by atoms with Crippen molar-refractivity contribution < 1.29 is 27.4 Å². The summed E-state index contributed by atoms with van der Waals surface area (Å²) in [5, 5.41) is 0. The monoisotopic (exact) mass is 543 g/mol. The van der Waals surface area contributed by atoms with Crippen LogP contribution in [-0.4, -0.2) is 44.3 Å². The van der Waals surface area contributed by atoms with Gasteiger partial charge < -0.3 is 18.9 Å². The molecule has 206 valence electrons. The highest BCUT2D eigenvalue weighted by molar-refractivity contribution is 7.92. The van der Waals surface area contributed by atoms with Crippen LogP contribution < -0.4 is 18.9 Å². The second-order valence-corrected chi connectivity index (χ2v) is 12.4. The molecule has 0 saturated heterocycles. The van der Waals surface area contributed by atoms with Crippen LogP contribution >= 0.6 is 0 Å². The third-order valence-corrected chi connectivity index (χ3v) is 6.70. The first-order valence-corrected chi connectivity index (χ1v) is 13.8.